The Bertz CT molecular complexity index is 672. The zero-order valence-corrected chi connectivity index (χ0v) is 13.3. The molecule has 0 radical (unpaired) electrons. The van der Waals surface area contributed by atoms with Crippen LogP contribution in [0.15, 0.2) is 23.1 Å². The molecule has 0 aromatic heterocycles. The summed E-state index contributed by atoms with van der Waals surface area (Å²) in [4.78, 5) is 10.3. The third-order valence-electron chi connectivity index (χ3n) is 3.41. The molecule has 9 heteroatoms. The minimum Gasteiger partial charge on any atom is -0.490 e. The van der Waals surface area contributed by atoms with Gasteiger partial charge in [0.25, 0.3) is 0 Å². The zero-order valence-electron chi connectivity index (χ0n) is 12.5. The third-order valence-corrected chi connectivity index (χ3v) is 4.95. The lowest BCUT2D eigenvalue weighted by Gasteiger charge is -2.13. The van der Waals surface area contributed by atoms with Crippen molar-refractivity contribution in [2.45, 2.75) is 24.3 Å². The molecule has 1 unspecified atom stereocenters. The van der Waals surface area contributed by atoms with Crippen molar-refractivity contribution < 1.29 is 32.2 Å². The fourth-order valence-corrected chi connectivity index (χ4v) is 3.25. The molecule has 7 nitrogen and oxygen atoms in total. The topological polar surface area (TPSA) is 102 Å². The Morgan fingerprint density at radius 2 is 2.30 bits per heavy atom. The number of nitrogens with one attached hydrogen (secondary N) is 1. The molecule has 23 heavy (non-hydrogen) atoms. The lowest BCUT2D eigenvalue weighted by Crippen LogP contribution is -2.38. The Kier molecular flexibility index (Phi) is 5.55. The molecule has 2 atom stereocenters. The van der Waals surface area contributed by atoms with Crippen LogP contribution in [0.5, 0.6) is 5.75 Å². The number of hydrogen-bond donors (Lipinski definition) is 2. The van der Waals surface area contributed by atoms with E-state index in [2.05, 4.69) is 0 Å². The number of sulfonamides is 1. The Morgan fingerprint density at radius 3 is 2.87 bits per heavy atom. The normalized spacial score (nSPS) is 19.5. The average Bonchev–Trinajstić information content (AvgIpc) is 2.98. The van der Waals surface area contributed by atoms with Crippen LogP contribution >= 0.6 is 0 Å². The predicted octanol–water partition coefficient (Wildman–Crippen LogP) is 0.992. The number of rotatable bonds is 7. The summed E-state index contributed by atoms with van der Waals surface area (Å²) in [6, 6.07) is 1.87. The molecular weight excluding hydrogens is 329 g/mol. The summed E-state index contributed by atoms with van der Waals surface area (Å²) < 4.78 is 50.4. The molecule has 0 aliphatic carbocycles. The van der Waals surface area contributed by atoms with Crippen molar-refractivity contribution >= 4 is 16.0 Å². The smallest absolute Gasteiger partial charge is 0.321 e. The highest BCUT2D eigenvalue weighted by Crippen LogP contribution is 2.23. The van der Waals surface area contributed by atoms with Gasteiger partial charge < -0.3 is 14.6 Å². The van der Waals surface area contributed by atoms with Crippen molar-refractivity contribution in [3.8, 4) is 5.75 Å². The summed E-state index contributed by atoms with van der Waals surface area (Å²) in [7, 11) is -4.12. The van der Waals surface area contributed by atoms with Crippen LogP contribution in [-0.2, 0) is 19.6 Å². The second-order valence-electron chi connectivity index (χ2n) is 5.31. The van der Waals surface area contributed by atoms with Gasteiger partial charge in [-0.2, -0.15) is 4.72 Å². The van der Waals surface area contributed by atoms with Gasteiger partial charge in [0.1, 0.15) is 6.04 Å². The van der Waals surface area contributed by atoms with Crippen molar-refractivity contribution in [2.24, 2.45) is 5.92 Å². The van der Waals surface area contributed by atoms with Gasteiger partial charge >= 0.3 is 5.97 Å². The number of halogens is 1. The summed E-state index contributed by atoms with van der Waals surface area (Å²) in [5.41, 5.74) is 0. The number of carboxylic acid groups (broad SMARTS) is 1. The van der Waals surface area contributed by atoms with E-state index in [4.69, 9.17) is 14.6 Å². The predicted molar refractivity (Wildman–Crippen MR) is 78.2 cm³/mol. The molecule has 1 aromatic rings. The highest BCUT2D eigenvalue weighted by molar-refractivity contribution is 7.89. The summed E-state index contributed by atoms with van der Waals surface area (Å²) in [5.74, 6) is -2.01. The molecule has 1 saturated heterocycles. The molecule has 1 aliphatic rings. The van der Waals surface area contributed by atoms with Crippen LogP contribution in [0.25, 0.3) is 0 Å². The van der Waals surface area contributed by atoms with E-state index in [1.807, 2.05) is 4.72 Å². The van der Waals surface area contributed by atoms with E-state index >= 15 is 0 Å². The number of hydrogen-bond acceptors (Lipinski definition) is 5. The van der Waals surface area contributed by atoms with E-state index < -0.39 is 27.9 Å². The van der Waals surface area contributed by atoms with Crippen LogP contribution in [0, 0.1) is 11.7 Å². The first-order valence-electron chi connectivity index (χ1n) is 7.05. The minimum atomic E-state index is -4.12. The van der Waals surface area contributed by atoms with Gasteiger partial charge in [-0.15, -0.1) is 0 Å². The van der Waals surface area contributed by atoms with Crippen LogP contribution in [-0.4, -0.2) is 45.4 Å². The second kappa shape index (κ2) is 7.24. The van der Waals surface area contributed by atoms with E-state index in [9.17, 15) is 17.6 Å². The quantitative estimate of drug-likeness (QED) is 0.763. The first-order chi connectivity index (χ1) is 10.8. The van der Waals surface area contributed by atoms with Crippen molar-refractivity contribution in [2.75, 3.05) is 19.8 Å². The van der Waals surface area contributed by atoms with Crippen molar-refractivity contribution in [1.29, 1.82) is 0 Å². The Morgan fingerprint density at radius 1 is 1.57 bits per heavy atom. The molecule has 0 bridgehead atoms. The molecule has 2 N–H and O–H groups in total. The van der Waals surface area contributed by atoms with Crippen LogP contribution in [0.2, 0.25) is 0 Å². The van der Waals surface area contributed by atoms with Gasteiger partial charge in [-0.25, -0.2) is 12.8 Å². The van der Waals surface area contributed by atoms with Crippen molar-refractivity contribution in [3.05, 3.63) is 24.0 Å². The minimum absolute atomic E-state index is 0.0536. The first-order valence-corrected chi connectivity index (χ1v) is 8.53. The Balaban J connectivity index is 2.06. The molecular formula is C14H18FNO6S. The molecule has 1 fully saturated rings. The number of aliphatic carboxylic acids is 1. The largest absolute Gasteiger partial charge is 0.490 e. The zero-order chi connectivity index (χ0) is 17.0. The number of ether oxygens (including phenoxy) is 2. The molecule has 1 heterocycles. The van der Waals surface area contributed by atoms with Gasteiger partial charge in [-0.05, 0) is 31.5 Å². The fraction of sp³-hybridized carbons (Fsp3) is 0.500. The molecule has 0 amide bonds. The standard InChI is InChI=1S/C14H18FNO6S/c1-9(14(17)18)16-23(19,20)11-2-3-13(12(15)6-11)22-8-10-4-5-21-7-10/h2-3,6,9-10,16H,4-5,7-8H2,1H3,(H,17,18)/t9-,10?/m0/s1. The Hall–Kier alpha value is -1.71. The van der Waals surface area contributed by atoms with E-state index in [1.54, 1.807) is 0 Å². The molecule has 1 aromatic carbocycles. The number of carboxylic acids is 1. The third kappa shape index (κ3) is 4.63. The molecule has 0 saturated carbocycles. The number of benzene rings is 1. The highest BCUT2D eigenvalue weighted by atomic mass is 32.2. The maximum atomic E-state index is 14.0. The van der Waals surface area contributed by atoms with E-state index in [0.29, 0.717) is 13.2 Å². The van der Waals surface area contributed by atoms with Gasteiger partial charge in [-0.3, -0.25) is 4.79 Å². The van der Waals surface area contributed by atoms with Crippen LogP contribution < -0.4 is 9.46 Å². The molecule has 2 rings (SSSR count). The van der Waals surface area contributed by atoms with Gasteiger partial charge in [0.05, 0.1) is 18.1 Å². The first kappa shape index (κ1) is 17.6. The van der Waals surface area contributed by atoms with Gasteiger partial charge in [-0.1, -0.05) is 0 Å². The lowest BCUT2D eigenvalue weighted by molar-refractivity contribution is -0.138. The van der Waals surface area contributed by atoms with Crippen LogP contribution in [0.4, 0.5) is 4.39 Å². The maximum Gasteiger partial charge on any atom is 0.321 e. The monoisotopic (exact) mass is 347 g/mol. The molecule has 128 valence electrons. The average molecular weight is 347 g/mol. The maximum absolute atomic E-state index is 14.0. The summed E-state index contributed by atoms with van der Waals surface area (Å²) >= 11 is 0. The van der Waals surface area contributed by atoms with Crippen molar-refractivity contribution in [1.82, 2.24) is 4.72 Å². The summed E-state index contributed by atoms with van der Waals surface area (Å²) in [5, 5.41) is 8.73. The lowest BCUT2D eigenvalue weighted by atomic mass is 10.1. The second-order valence-corrected chi connectivity index (χ2v) is 7.03. The SMILES string of the molecule is C[C@H](NS(=O)(=O)c1ccc(OCC2CCOC2)c(F)c1)C(=O)O. The molecule has 0 spiro atoms. The number of carbonyl (C=O) groups is 1. The van der Waals surface area contributed by atoms with Crippen molar-refractivity contribution in [3.63, 3.8) is 0 Å². The highest BCUT2D eigenvalue weighted by Gasteiger charge is 2.23. The van der Waals surface area contributed by atoms with Crippen LogP contribution in [0.3, 0.4) is 0 Å². The molecule has 1 aliphatic heterocycles. The van der Waals surface area contributed by atoms with E-state index in [1.165, 1.54) is 19.1 Å². The van der Waals surface area contributed by atoms with E-state index in [0.717, 1.165) is 12.5 Å². The summed E-state index contributed by atoms with van der Waals surface area (Å²) in [6.45, 7) is 2.68. The van der Waals surface area contributed by atoms with Gasteiger partial charge in [0.15, 0.2) is 11.6 Å². The van der Waals surface area contributed by atoms with Crippen LogP contribution in [0.1, 0.15) is 13.3 Å². The van der Waals surface area contributed by atoms with Gasteiger partial charge in [0, 0.05) is 12.5 Å². The summed E-state index contributed by atoms with van der Waals surface area (Å²) in [6.07, 6.45) is 0.838. The van der Waals surface area contributed by atoms with E-state index in [-0.39, 0.29) is 23.2 Å². The van der Waals surface area contributed by atoms with Gasteiger partial charge in [0.2, 0.25) is 10.0 Å². The Labute approximate surface area is 133 Å². The fourth-order valence-electron chi connectivity index (χ4n) is 2.04.